The van der Waals surface area contributed by atoms with Gasteiger partial charge in [-0.25, -0.2) is 10.4 Å². The van der Waals surface area contributed by atoms with Gasteiger partial charge in [-0.2, -0.15) is 0 Å². The summed E-state index contributed by atoms with van der Waals surface area (Å²) in [5.41, 5.74) is 9.70. The Bertz CT molecular complexity index is 818. The van der Waals surface area contributed by atoms with Crippen LogP contribution in [0, 0.1) is 5.92 Å². The van der Waals surface area contributed by atoms with Gasteiger partial charge in [0.05, 0.1) is 16.8 Å². The van der Waals surface area contributed by atoms with Crippen LogP contribution in [0.2, 0.25) is 5.02 Å². The van der Waals surface area contributed by atoms with E-state index in [0.717, 1.165) is 31.0 Å². The maximum absolute atomic E-state index is 6.01. The highest BCUT2D eigenvalue weighted by Gasteiger charge is 2.27. The molecule has 24 heavy (non-hydrogen) atoms. The van der Waals surface area contributed by atoms with Crippen molar-refractivity contribution in [3.05, 3.63) is 65.3 Å². The smallest absolute Gasteiger partial charge is 0.137 e. The van der Waals surface area contributed by atoms with E-state index < -0.39 is 0 Å². The lowest BCUT2D eigenvalue weighted by molar-refractivity contribution is 0.440. The van der Waals surface area contributed by atoms with E-state index in [1.165, 1.54) is 5.56 Å². The van der Waals surface area contributed by atoms with Crippen LogP contribution in [0.25, 0.3) is 5.65 Å². The van der Waals surface area contributed by atoms with Crippen molar-refractivity contribution in [1.29, 1.82) is 0 Å². The molecule has 2 atom stereocenters. The van der Waals surface area contributed by atoms with E-state index in [9.17, 15) is 0 Å². The van der Waals surface area contributed by atoms with E-state index >= 15 is 0 Å². The number of halogens is 1. The molecule has 0 amide bonds. The zero-order chi connectivity index (χ0) is 16.4. The normalized spacial score (nSPS) is 20.7. The predicted octanol–water partition coefficient (Wildman–Crippen LogP) is 1.94. The van der Waals surface area contributed by atoms with E-state index in [-0.39, 0.29) is 6.04 Å². The zero-order valence-corrected chi connectivity index (χ0v) is 13.9. The van der Waals surface area contributed by atoms with Crippen LogP contribution in [-0.2, 0) is 6.54 Å². The molecule has 0 saturated carbocycles. The van der Waals surface area contributed by atoms with Crippen LogP contribution < -0.4 is 16.2 Å². The molecule has 0 spiro atoms. The van der Waals surface area contributed by atoms with Gasteiger partial charge in [0.25, 0.3) is 0 Å². The Morgan fingerprint density at radius 2 is 2.25 bits per heavy atom. The third-order valence-electron chi connectivity index (χ3n) is 4.31. The van der Waals surface area contributed by atoms with Crippen LogP contribution in [-0.4, -0.2) is 27.5 Å². The minimum absolute atomic E-state index is 0.270. The van der Waals surface area contributed by atoms with Crippen LogP contribution in [0.4, 0.5) is 0 Å². The van der Waals surface area contributed by atoms with Crippen molar-refractivity contribution >= 4 is 17.2 Å². The highest BCUT2D eigenvalue weighted by Crippen LogP contribution is 2.23. The molecular weight excluding hydrogens is 324 g/mol. The van der Waals surface area contributed by atoms with Crippen molar-refractivity contribution in [2.45, 2.75) is 12.6 Å². The summed E-state index contributed by atoms with van der Waals surface area (Å²) >= 11 is 6.01. The summed E-state index contributed by atoms with van der Waals surface area (Å²) in [5.74, 6) is 0.459. The second-order valence-electron chi connectivity index (χ2n) is 6.03. The Hall–Kier alpha value is -1.99. The van der Waals surface area contributed by atoms with Gasteiger partial charge in [-0.1, -0.05) is 17.7 Å². The maximum Gasteiger partial charge on any atom is 0.137 e. The van der Waals surface area contributed by atoms with Crippen LogP contribution in [0.5, 0.6) is 0 Å². The monoisotopic (exact) mass is 342 g/mol. The fraction of sp³-hybridized carbons (Fsp3) is 0.294. The predicted molar refractivity (Wildman–Crippen MR) is 93.5 cm³/mol. The van der Waals surface area contributed by atoms with Crippen LogP contribution in [0.1, 0.15) is 17.3 Å². The van der Waals surface area contributed by atoms with Crippen molar-refractivity contribution in [3.63, 3.8) is 0 Å². The van der Waals surface area contributed by atoms with Gasteiger partial charge in [-0.3, -0.25) is 10.4 Å². The van der Waals surface area contributed by atoms with Gasteiger partial charge in [0.15, 0.2) is 0 Å². The first kappa shape index (κ1) is 15.5. The van der Waals surface area contributed by atoms with Crippen LogP contribution >= 0.6 is 11.6 Å². The molecule has 1 fully saturated rings. The number of pyridine rings is 2. The summed E-state index contributed by atoms with van der Waals surface area (Å²) in [6, 6.07) is 8.13. The summed E-state index contributed by atoms with van der Waals surface area (Å²) in [4.78, 5) is 8.81. The van der Waals surface area contributed by atoms with Crippen LogP contribution in [0.15, 0.2) is 49.1 Å². The molecule has 0 aromatic carbocycles. The van der Waals surface area contributed by atoms with E-state index in [1.807, 2.05) is 41.2 Å². The van der Waals surface area contributed by atoms with E-state index in [2.05, 4.69) is 32.2 Å². The number of hydrogen-bond acceptors (Lipinski definition) is 5. The van der Waals surface area contributed by atoms with E-state index in [1.54, 1.807) is 6.20 Å². The largest absolute Gasteiger partial charge is 0.311 e. The van der Waals surface area contributed by atoms with E-state index in [0.29, 0.717) is 10.9 Å². The number of fused-ring (bicyclic) bond motifs is 1. The van der Waals surface area contributed by atoms with Gasteiger partial charge in [0.1, 0.15) is 5.65 Å². The first-order chi connectivity index (χ1) is 11.8. The first-order valence-corrected chi connectivity index (χ1v) is 8.39. The number of hydrogen-bond donors (Lipinski definition) is 3. The third-order valence-corrected chi connectivity index (χ3v) is 4.54. The summed E-state index contributed by atoms with van der Waals surface area (Å²) < 4.78 is 1.95. The Balaban J connectivity index is 1.37. The lowest BCUT2D eigenvalue weighted by atomic mass is 9.96. The molecule has 3 N–H and O–H groups in total. The average molecular weight is 343 g/mol. The Morgan fingerprint density at radius 1 is 1.29 bits per heavy atom. The summed E-state index contributed by atoms with van der Waals surface area (Å²) in [6.07, 6.45) is 7.60. The molecule has 3 aromatic rings. The number of nitrogens with zero attached hydrogens (tertiary/aromatic N) is 3. The second-order valence-corrected chi connectivity index (χ2v) is 6.46. The molecule has 1 saturated heterocycles. The minimum atomic E-state index is 0.270. The fourth-order valence-electron chi connectivity index (χ4n) is 3.13. The molecule has 1 aliphatic heterocycles. The lowest BCUT2D eigenvalue weighted by Crippen LogP contribution is -2.28. The molecule has 7 heteroatoms. The fourth-order valence-corrected chi connectivity index (χ4v) is 3.30. The zero-order valence-electron chi connectivity index (χ0n) is 13.1. The highest BCUT2D eigenvalue weighted by atomic mass is 35.5. The molecule has 4 heterocycles. The number of hydrazine groups is 1. The molecule has 6 nitrogen and oxygen atoms in total. The summed E-state index contributed by atoms with van der Waals surface area (Å²) in [7, 11) is 0. The molecule has 2 unspecified atom stereocenters. The minimum Gasteiger partial charge on any atom is -0.311 e. The Kier molecular flexibility index (Phi) is 4.44. The van der Waals surface area contributed by atoms with Crippen molar-refractivity contribution in [2.75, 3.05) is 13.1 Å². The Morgan fingerprint density at radius 3 is 3.12 bits per heavy atom. The van der Waals surface area contributed by atoms with Gasteiger partial charge >= 0.3 is 0 Å². The maximum atomic E-state index is 6.01. The quantitative estimate of drug-likeness (QED) is 0.661. The van der Waals surface area contributed by atoms with Gasteiger partial charge in [-0.05, 0) is 23.8 Å². The summed E-state index contributed by atoms with van der Waals surface area (Å²) in [5, 5.41) is 4.22. The number of aromatic nitrogens is 3. The third kappa shape index (κ3) is 3.27. The molecule has 3 aromatic heterocycles. The Labute approximate surface area is 145 Å². The molecule has 0 radical (unpaired) electrons. The molecular formula is C17H19ClN6. The molecule has 0 bridgehead atoms. The molecule has 0 aliphatic carbocycles. The highest BCUT2D eigenvalue weighted by molar-refractivity contribution is 6.30. The van der Waals surface area contributed by atoms with Crippen molar-refractivity contribution in [2.24, 2.45) is 5.92 Å². The van der Waals surface area contributed by atoms with Gasteiger partial charge in [0, 0.05) is 50.3 Å². The standard InChI is InChI=1S/C17H19ClN6/c18-14-3-4-16-22-15(11-24(16)10-14)9-20-7-13-8-21-23-17(13)12-2-1-5-19-6-12/h1-6,10-11,13,17,20-21,23H,7-9H2. The molecule has 124 valence electrons. The topological polar surface area (TPSA) is 66.3 Å². The first-order valence-electron chi connectivity index (χ1n) is 8.02. The second kappa shape index (κ2) is 6.86. The number of imidazole rings is 1. The SMILES string of the molecule is Clc1ccc2nc(CNCC3CNNC3c3cccnc3)cn2c1. The van der Waals surface area contributed by atoms with Crippen molar-refractivity contribution in [1.82, 2.24) is 30.5 Å². The van der Waals surface area contributed by atoms with Crippen LogP contribution in [0.3, 0.4) is 0 Å². The molecule has 1 aliphatic rings. The molecule has 4 rings (SSSR count). The van der Waals surface area contributed by atoms with Gasteiger partial charge in [-0.15, -0.1) is 0 Å². The van der Waals surface area contributed by atoms with Crippen molar-refractivity contribution < 1.29 is 0 Å². The van der Waals surface area contributed by atoms with Crippen molar-refractivity contribution in [3.8, 4) is 0 Å². The number of rotatable bonds is 5. The number of nitrogens with one attached hydrogen (secondary N) is 3. The van der Waals surface area contributed by atoms with Gasteiger partial charge < -0.3 is 9.72 Å². The van der Waals surface area contributed by atoms with E-state index in [4.69, 9.17) is 11.6 Å². The summed E-state index contributed by atoms with van der Waals surface area (Å²) in [6.45, 7) is 2.55. The lowest BCUT2D eigenvalue weighted by Gasteiger charge is -2.18. The van der Waals surface area contributed by atoms with Gasteiger partial charge in [0.2, 0.25) is 0 Å². The average Bonchev–Trinajstić information content (AvgIpc) is 3.22.